The fourth-order valence-electron chi connectivity index (χ4n) is 3.51. The number of rotatable bonds is 5. The molecule has 0 spiro atoms. The van der Waals surface area contributed by atoms with E-state index in [-0.39, 0.29) is 10.3 Å². The van der Waals surface area contributed by atoms with E-state index in [1.54, 1.807) is 17.8 Å². The van der Waals surface area contributed by atoms with Gasteiger partial charge in [-0.15, -0.1) is 0 Å². The van der Waals surface area contributed by atoms with Crippen LogP contribution < -0.4 is 10.0 Å². The van der Waals surface area contributed by atoms with Crippen LogP contribution in [0.2, 0.25) is 0 Å². The van der Waals surface area contributed by atoms with Crippen molar-refractivity contribution in [2.75, 3.05) is 0 Å². The predicted molar refractivity (Wildman–Crippen MR) is 120 cm³/mol. The molecule has 1 atom stereocenters. The fraction of sp³-hybridized carbons (Fsp3) is 0.160. The van der Waals surface area contributed by atoms with Crippen LogP contribution in [0.5, 0.6) is 0 Å². The Morgan fingerprint density at radius 3 is 2.35 bits per heavy atom. The number of carbonyl (C=O) groups is 1. The molecule has 174 valence electrons. The molecule has 2 aromatic carbocycles. The van der Waals surface area contributed by atoms with Gasteiger partial charge in [0.15, 0.2) is 6.20 Å². The third-order valence-electron chi connectivity index (χ3n) is 5.38. The number of hydrogen-bond donors (Lipinski definition) is 1. The van der Waals surface area contributed by atoms with Crippen molar-refractivity contribution < 1.29 is 22.7 Å². The van der Waals surface area contributed by atoms with Gasteiger partial charge in [0.1, 0.15) is 5.69 Å². The van der Waals surface area contributed by atoms with E-state index in [1.807, 2.05) is 61.5 Å². The van der Waals surface area contributed by atoms with Crippen LogP contribution in [-0.4, -0.2) is 15.7 Å². The molecule has 1 N–H and O–H groups in total. The highest BCUT2D eigenvalue weighted by Crippen LogP contribution is 2.28. The molecule has 0 radical (unpaired) electrons. The van der Waals surface area contributed by atoms with Gasteiger partial charge in [0.25, 0.3) is 11.6 Å². The number of aryl methyl sites for hydroxylation is 1. The van der Waals surface area contributed by atoms with Gasteiger partial charge in [-0.25, -0.2) is 4.68 Å². The Labute approximate surface area is 193 Å². The second-order valence-electron chi connectivity index (χ2n) is 7.90. The summed E-state index contributed by atoms with van der Waals surface area (Å²) >= 11 is 0. The molecular formula is C25H21F3N4O2. The molecule has 0 aliphatic carbocycles. The zero-order chi connectivity index (χ0) is 24.5. The third-order valence-corrected chi connectivity index (χ3v) is 5.38. The van der Waals surface area contributed by atoms with Gasteiger partial charge in [-0.2, -0.15) is 23.0 Å². The summed E-state index contributed by atoms with van der Waals surface area (Å²) in [6, 6.07) is 18.0. The molecular weight excluding hydrogens is 445 g/mol. The van der Waals surface area contributed by atoms with Crippen molar-refractivity contribution in [3.63, 3.8) is 0 Å². The summed E-state index contributed by atoms with van der Waals surface area (Å²) in [4.78, 5) is 13.2. The molecule has 0 saturated carbocycles. The van der Waals surface area contributed by atoms with E-state index in [0.717, 1.165) is 23.0 Å². The van der Waals surface area contributed by atoms with Crippen LogP contribution >= 0.6 is 0 Å². The van der Waals surface area contributed by atoms with Crippen molar-refractivity contribution in [3.05, 3.63) is 107 Å². The molecule has 0 aliphatic rings. The number of pyridine rings is 1. The molecule has 2 heterocycles. The van der Waals surface area contributed by atoms with Crippen LogP contribution in [0, 0.1) is 12.1 Å². The Kier molecular flexibility index (Phi) is 6.10. The lowest BCUT2D eigenvalue weighted by atomic mass is 10.1. The third kappa shape index (κ3) is 4.78. The lowest BCUT2D eigenvalue weighted by Crippen LogP contribution is -2.38. The maximum atomic E-state index is 13.2. The van der Waals surface area contributed by atoms with Crippen molar-refractivity contribution >= 4 is 5.91 Å². The Morgan fingerprint density at radius 1 is 1.06 bits per heavy atom. The molecule has 0 fully saturated rings. The van der Waals surface area contributed by atoms with Crippen LogP contribution in [0.1, 0.15) is 40.1 Å². The Bertz CT molecular complexity index is 1320. The SMILES string of the molecule is Cc1ccc(-n2cc(C(=O)N[C@H](C)c3ccc(C(F)(F)F)[n+]([O-])c3)c(-c3ccccc3)n2)cc1. The molecule has 1 amide bonds. The standard InChI is InChI=1S/C25H21F3N4O2/c1-16-8-11-20(12-9-16)31-15-21(23(30-31)18-6-4-3-5-7-18)24(33)29-17(2)19-10-13-22(25(26,27)28)32(34)14-19/h3-15,17H,1-2H3,(H,29,33)/t17-/m1/s1. The zero-order valence-electron chi connectivity index (χ0n) is 18.4. The highest BCUT2D eigenvalue weighted by atomic mass is 19.4. The summed E-state index contributed by atoms with van der Waals surface area (Å²) in [7, 11) is 0. The normalized spacial score (nSPS) is 12.4. The number of aromatic nitrogens is 3. The first-order valence-electron chi connectivity index (χ1n) is 10.5. The van der Waals surface area contributed by atoms with Gasteiger partial charge in [0.05, 0.1) is 17.3 Å². The van der Waals surface area contributed by atoms with Gasteiger partial charge in [0, 0.05) is 23.4 Å². The molecule has 2 aromatic heterocycles. The van der Waals surface area contributed by atoms with E-state index in [9.17, 15) is 23.2 Å². The Balaban J connectivity index is 1.66. The lowest BCUT2D eigenvalue weighted by molar-refractivity contribution is -0.629. The monoisotopic (exact) mass is 466 g/mol. The molecule has 0 saturated heterocycles. The average Bonchev–Trinajstić information content (AvgIpc) is 3.25. The maximum Gasteiger partial charge on any atom is 0.478 e. The van der Waals surface area contributed by atoms with Crippen LogP contribution in [0.3, 0.4) is 0 Å². The lowest BCUT2D eigenvalue weighted by Gasteiger charge is -2.15. The minimum Gasteiger partial charge on any atom is -0.618 e. The van der Waals surface area contributed by atoms with Crippen molar-refractivity contribution in [2.45, 2.75) is 26.1 Å². The van der Waals surface area contributed by atoms with E-state index >= 15 is 0 Å². The van der Waals surface area contributed by atoms with Gasteiger partial charge in [-0.05, 0) is 32.0 Å². The van der Waals surface area contributed by atoms with E-state index in [4.69, 9.17) is 0 Å². The minimum absolute atomic E-state index is 0.233. The first kappa shape index (κ1) is 23.0. The van der Waals surface area contributed by atoms with E-state index in [2.05, 4.69) is 10.4 Å². The smallest absolute Gasteiger partial charge is 0.478 e. The van der Waals surface area contributed by atoms with Gasteiger partial charge in [-0.3, -0.25) is 4.79 Å². The maximum absolute atomic E-state index is 13.2. The number of halogens is 3. The summed E-state index contributed by atoms with van der Waals surface area (Å²) in [5, 5.41) is 19.2. The number of carbonyl (C=O) groups excluding carboxylic acids is 1. The predicted octanol–water partition coefficient (Wildman–Crippen LogP) is 4.99. The van der Waals surface area contributed by atoms with E-state index in [1.165, 1.54) is 6.07 Å². The van der Waals surface area contributed by atoms with Crippen LogP contribution in [0.4, 0.5) is 13.2 Å². The number of nitrogens with zero attached hydrogens (tertiary/aromatic N) is 3. The molecule has 4 aromatic rings. The summed E-state index contributed by atoms with van der Waals surface area (Å²) < 4.78 is 40.0. The Morgan fingerprint density at radius 2 is 1.74 bits per heavy atom. The number of benzene rings is 2. The summed E-state index contributed by atoms with van der Waals surface area (Å²) in [6.45, 7) is 3.56. The zero-order valence-corrected chi connectivity index (χ0v) is 18.4. The summed E-state index contributed by atoms with van der Waals surface area (Å²) in [5.41, 5.74) is 2.25. The van der Waals surface area contributed by atoms with Crippen molar-refractivity contribution in [3.8, 4) is 16.9 Å². The first-order valence-corrected chi connectivity index (χ1v) is 10.5. The van der Waals surface area contributed by atoms with Crippen LogP contribution in [0.25, 0.3) is 16.9 Å². The van der Waals surface area contributed by atoms with Crippen LogP contribution in [-0.2, 0) is 6.18 Å². The summed E-state index contributed by atoms with van der Waals surface area (Å²) in [6.07, 6.45) is -2.33. The van der Waals surface area contributed by atoms with Gasteiger partial charge >= 0.3 is 6.18 Å². The molecule has 6 nitrogen and oxygen atoms in total. The minimum atomic E-state index is -4.76. The quantitative estimate of drug-likeness (QED) is 0.333. The van der Waals surface area contributed by atoms with Crippen molar-refractivity contribution in [1.82, 2.24) is 15.1 Å². The molecule has 0 unspecified atom stereocenters. The second kappa shape index (κ2) is 9.01. The van der Waals surface area contributed by atoms with E-state index in [0.29, 0.717) is 17.3 Å². The molecule has 0 aliphatic heterocycles. The van der Waals surface area contributed by atoms with Crippen LogP contribution in [0.15, 0.2) is 79.1 Å². The number of alkyl halides is 3. The molecule has 4 rings (SSSR count). The van der Waals surface area contributed by atoms with E-state index < -0.39 is 23.8 Å². The number of amides is 1. The van der Waals surface area contributed by atoms with Gasteiger partial charge in [0.2, 0.25) is 0 Å². The highest BCUT2D eigenvalue weighted by molar-refractivity contribution is 6.00. The Hall–Kier alpha value is -4.14. The van der Waals surface area contributed by atoms with Gasteiger partial charge in [-0.1, -0.05) is 48.0 Å². The fourth-order valence-corrected chi connectivity index (χ4v) is 3.51. The highest BCUT2D eigenvalue weighted by Gasteiger charge is 2.39. The van der Waals surface area contributed by atoms with Crippen molar-refractivity contribution in [1.29, 1.82) is 0 Å². The first-order chi connectivity index (χ1) is 16.1. The number of nitrogens with one attached hydrogen (secondary N) is 1. The number of hydrogen-bond acceptors (Lipinski definition) is 3. The molecule has 0 bridgehead atoms. The average molecular weight is 466 g/mol. The molecule has 34 heavy (non-hydrogen) atoms. The second-order valence-corrected chi connectivity index (χ2v) is 7.90. The largest absolute Gasteiger partial charge is 0.618 e. The van der Waals surface area contributed by atoms with Crippen molar-refractivity contribution in [2.24, 2.45) is 0 Å². The molecule has 9 heteroatoms. The van der Waals surface area contributed by atoms with Gasteiger partial charge < -0.3 is 10.5 Å². The topological polar surface area (TPSA) is 73.9 Å². The summed E-state index contributed by atoms with van der Waals surface area (Å²) in [5.74, 6) is -0.470.